The van der Waals surface area contributed by atoms with Gasteiger partial charge in [-0.3, -0.25) is 4.79 Å². The van der Waals surface area contributed by atoms with E-state index in [1.165, 1.54) is 0 Å². The summed E-state index contributed by atoms with van der Waals surface area (Å²) in [5, 5.41) is 4.27. The van der Waals surface area contributed by atoms with Crippen LogP contribution in [0.25, 0.3) is 10.8 Å². The molecule has 0 aliphatic carbocycles. The number of carbonyl (C=O) groups is 2. The van der Waals surface area contributed by atoms with Crippen LogP contribution in [0.5, 0.6) is 5.75 Å². The number of rotatable bonds is 6. The second-order valence-electron chi connectivity index (χ2n) is 5.20. The molecule has 2 aromatic rings. The van der Waals surface area contributed by atoms with Crippen molar-refractivity contribution >= 4 is 22.6 Å². The molecule has 0 fully saturated rings. The maximum Gasteiger partial charge on any atom is 0.339 e. The Morgan fingerprint density at radius 1 is 1.13 bits per heavy atom. The van der Waals surface area contributed by atoms with E-state index in [1.807, 2.05) is 31.2 Å². The summed E-state index contributed by atoms with van der Waals surface area (Å²) in [4.78, 5) is 24.2. The van der Waals surface area contributed by atoms with Crippen molar-refractivity contribution in [1.82, 2.24) is 5.32 Å². The monoisotopic (exact) mass is 315 g/mol. The van der Waals surface area contributed by atoms with Gasteiger partial charge in [0.15, 0.2) is 6.10 Å². The minimum absolute atomic E-state index is 0.294. The molecule has 0 aliphatic rings. The predicted octanol–water partition coefficient (Wildman–Crippen LogP) is 2.92. The number of methoxy groups -OCH3 is 1. The lowest BCUT2D eigenvalue weighted by atomic mass is 10.0. The van der Waals surface area contributed by atoms with E-state index < -0.39 is 12.1 Å². The number of benzene rings is 2. The van der Waals surface area contributed by atoms with Gasteiger partial charge in [0.1, 0.15) is 5.75 Å². The summed E-state index contributed by atoms with van der Waals surface area (Å²) in [6.07, 6.45) is -0.00915. The quantitative estimate of drug-likeness (QED) is 0.833. The summed E-state index contributed by atoms with van der Waals surface area (Å²) in [7, 11) is 1.58. The third-order valence-electron chi connectivity index (χ3n) is 3.53. The fraction of sp³-hybridized carbons (Fsp3) is 0.333. The number of hydrogen-bond acceptors (Lipinski definition) is 4. The van der Waals surface area contributed by atoms with Gasteiger partial charge in [0, 0.05) is 11.9 Å². The summed E-state index contributed by atoms with van der Waals surface area (Å²) in [5.74, 6) is -0.132. The zero-order valence-corrected chi connectivity index (χ0v) is 13.6. The highest BCUT2D eigenvalue weighted by Gasteiger charge is 2.20. The highest BCUT2D eigenvalue weighted by Crippen LogP contribution is 2.28. The van der Waals surface area contributed by atoms with E-state index in [2.05, 4.69) is 5.32 Å². The van der Waals surface area contributed by atoms with Gasteiger partial charge >= 0.3 is 5.97 Å². The number of amides is 1. The van der Waals surface area contributed by atoms with Crippen LogP contribution in [0.2, 0.25) is 0 Å². The van der Waals surface area contributed by atoms with Gasteiger partial charge in [0.25, 0.3) is 5.91 Å². The second kappa shape index (κ2) is 7.63. The van der Waals surface area contributed by atoms with E-state index in [0.29, 0.717) is 17.9 Å². The van der Waals surface area contributed by atoms with E-state index in [1.54, 1.807) is 26.2 Å². The fourth-order valence-electron chi connectivity index (χ4n) is 2.30. The van der Waals surface area contributed by atoms with Gasteiger partial charge in [0.2, 0.25) is 0 Å². The Hall–Kier alpha value is -2.56. The molecule has 0 saturated carbocycles. The van der Waals surface area contributed by atoms with Crippen molar-refractivity contribution in [3.05, 3.63) is 42.0 Å². The van der Waals surface area contributed by atoms with Crippen molar-refractivity contribution < 1.29 is 19.1 Å². The first-order chi connectivity index (χ1) is 11.1. The summed E-state index contributed by atoms with van der Waals surface area (Å²) in [6.45, 7) is 4.08. The molecule has 0 aromatic heterocycles. The van der Waals surface area contributed by atoms with Crippen molar-refractivity contribution in [2.75, 3.05) is 13.7 Å². The molecule has 0 unspecified atom stereocenters. The Morgan fingerprint density at radius 3 is 2.48 bits per heavy atom. The molecule has 5 nitrogen and oxygen atoms in total. The maximum atomic E-state index is 12.4. The molecule has 1 atom stereocenters. The third kappa shape index (κ3) is 3.80. The van der Waals surface area contributed by atoms with E-state index in [-0.39, 0.29) is 5.91 Å². The molecule has 2 aromatic carbocycles. The van der Waals surface area contributed by atoms with Crippen LogP contribution < -0.4 is 10.1 Å². The van der Waals surface area contributed by atoms with Crippen LogP contribution in [-0.2, 0) is 9.53 Å². The molecular formula is C18H21NO4. The largest absolute Gasteiger partial charge is 0.496 e. The van der Waals surface area contributed by atoms with Gasteiger partial charge in [-0.2, -0.15) is 0 Å². The molecule has 23 heavy (non-hydrogen) atoms. The first-order valence-electron chi connectivity index (χ1n) is 7.63. The molecule has 1 amide bonds. The Balaban J connectivity index is 2.23. The summed E-state index contributed by atoms with van der Waals surface area (Å²) < 4.78 is 10.6. The average Bonchev–Trinajstić information content (AvgIpc) is 2.58. The Kier molecular flexibility index (Phi) is 5.57. The normalized spacial score (nSPS) is 11.8. The molecule has 0 aliphatic heterocycles. The second-order valence-corrected chi connectivity index (χ2v) is 5.20. The Bertz CT molecular complexity index is 711. The summed E-state index contributed by atoms with van der Waals surface area (Å²) >= 11 is 0. The first-order valence-corrected chi connectivity index (χ1v) is 7.63. The molecule has 0 bridgehead atoms. The van der Waals surface area contributed by atoms with Gasteiger partial charge in [-0.15, -0.1) is 0 Å². The van der Waals surface area contributed by atoms with Crippen LogP contribution >= 0.6 is 0 Å². The molecule has 122 valence electrons. The highest BCUT2D eigenvalue weighted by molar-refractivity contribution is 6.06. The van der Waals surface area contributed by atoms with E-state index in [9.17, 15) is 9.59 Å². The highest BCUT2D eigenvalue weighted by atomic mass is 16.5. The van der Waals surface area contributed by atoms with Crippen molar-refractivity contribution in [1.29, 1.82) is 0 Å². The number of esters is 1. The van der Waals surface area contributed by atoms with Crippen molar-refractivity contribution in [2.24, 2.45) is 0 Å². The number of ether oxygens (including phenoxy) is 2. The number of carbonyl (C=O) groups excluding carboxylic acids is 2. The molecule has 1 N–H and O–H groups in total. The maximum absolute atomic E-state index is 12.4. The first kappa shape index (κ1) is 16.8. The van der Waals surface area contributed by atoms with Gasteiger partial charge in [0.05, 0.1) is 12.7 Å². The minimum Gasteiger partial charge on any atom is -0.496 e. The van der Waals surface area contributed by atoms with Crippen LogP contribution in [0.4, 0.5) is 0 Å². The molecule has 2 rings (SSSR count). The van der Waals surface area contributed by atoms with Gasteiger partial charge < -0.3 is 14.8 Å². The zero-order valence-electron chi connectivity index (χ0n) is 13.6. The molecule has 0 heterocycles. The SMILES string of the molecule is CCCNC(=O)[C@H](C)OC(=O)c1ccc(OC)c2ccccc12. The standard InChI is InChI=1S/C18H21NO4/c1-4-11-19-17(20)12(2)23-18(21)15-9-10-16(22-3)14-8-6-5-7-13(14)15/h5-10,12H,4,11H2,1-3H3,(H,19,20)/t12-/m0/s1. The molecule has 0 saturated heterocycles. The van der Waals surface area contributed by atoms with E-state index in [0.717, 1.165) is 17.2 Å². The van der Waals surface area contributed by atoms with Crippen LogP contribution in [0.3, 0.4) is 0 Å². The van der Waals surface area contributed by atoms with Gasteiger partial charge in [-0.1, -0.05) is 31.2 Å². The molecule has 0 radical (unpaired) electrons. The lowest BCUT2D eigenvalue weighted by molar-refractivity contribution is -0.129. The number of nitrogens with one attached hydrogen (secondary N) is 1. The molecular weight excluding hydrogens is 294 g/mol. The van der Waals surface area contributed by atoms with Gasteiger partial charge in [-0.05, 0) is 30.9 Å². The minimum atomic E-state index is -0.838. The average molecular weight is 315 g/mol. The number of fused-ring (bicyclic) bond motifs is 1. The molecule has 5 heteroatoms. The van der Waals surface area contributed by atoms with Crippen LogP contribution in [-0.4, -0.2) is 31.6 Å². The molecule has 0 spiro atoms. The topological polar surface area (TPSA) is 64.6 Å². The van der Waals surface area contributed by atoms with Crippen LogP contribution in [0.15, 0.2) is 36.4 Å². The third-order valence-corrected chi connectivity index (χ3v) is 3.53. The lowest BCUT2D eigenvalue weighted by Crippen LogP contribution is -2.36. The van der Waals surface area contributed by atoms with E-state index in [4.69, 9.17) is 9.47 Å². The van der Waals surface area contributed by atoms with Crippen molar-refractivity contribution in [3.63, 3.8) is 0 Å². The van der Waals surface area contributed by atoms with Crippen molar-refractivity contribution in [2.45, 2.75) is 26.4 Å². The van der Waals surface area contributed by atoms with E-state index >= 15 is 0 Å². The Morgan fingerprint density at radius 2 is 1.83 bits per heavy atom. The zero-order chi connectivity index (χ0) is 16.8. The van der Waals surface area contributed by atoms with Crippen LogP contribution in [0.1, 0.15) is 30.6 Å². The Labute approximate surface area is 135 Å². The van der Waals surface area contributed by atoms with Gasteiger partial charge in [-0.25, -0.2) is 4.79 Å². The fourth-order valence-corrected chi connectivity index (χ4v) is 2.30. The smallest absolute Gasteiger partial charge is 0.339 e. The predicted molar refractivity (Wildman–Crippen MR) is 88.7 cm³/mol. The lowest BCUT2D eigenvalue weighted by Gasteiger charge is -2.15. The summed E-state index contributed by atoms with van der Waals surface area (Å²) in [5.41, 5.74) is 0.413. The van der Waals surface area contributed by atoms with Crippen molar-refractivity contribution in [3.8, 4) is 5.75 Å². The van der Waals surface area contributed by atoms with Crippen LogP contribution in [0, 0.1) is 0 Å². The summed E-state index contributed by atoms with van der Waals surface area (Å²) in [6, 6.07) is 10.8. The number of hydrogen-bond donors (Lipinski definition) is 1.